The summed E-state index contributed by atoms with van der Waals surface area (Å²) in [6.45, 7) is 7.60. The first-order valence-electron chi connectivity index (χ1n) is 9.52. The van der Waals surface area contributed by atoms with Crippen molar-refractivity contribution < 1.29 is 0 Å². The van der Waals surface area contributed by atoms with Gasteiger partial charge in [-0.1, -0.05) is 66.9 Å². The van der Waals surface area contributed by atoms with Gasteiger partial charge in [0, 0.05) is 10.2 Å². The fraction of sp³-hybridized carbons (Fsp3) is 0.810. The smallest absolute Gasteiger partial charge is 0.0217 e. The molecule has 4 rings (SSSR count). The third kappa shape index (κ3) is 1.93. The maximum Gasteiger partial charge on any atom is 0.0217 e. The summed E-state index contributed by atoms with van der Waals surface area (Å²) in [6.07, 6.45) is 17.2. The highest BCUT2D eigenvalue weighted by Crippen LogP contribution is 2.67. The predicted molar refractivity (Wildman–Crippen MR) is 98.1 cm³/mol. The van der Waals surface area contributed by atoms with Crippen molar-refractivity contribution in [2.24, 2.45) is 34.5 Å². The summed E-state index contributed by atoms with van der Waals surface area (Å²) in [5, 5.41) is 0. The van der Waals surface area contributed by atoms with E-state index in [-0.39, 0.29) is 0 Å². The van der Waals surface area contributed by atoms with Gasteiger partial charge in [-0.25, -0.2) is 0 Å². The van der Waals surface area contributed by atoms with E-state index in [0.717, 1.165) is 30.1 Å². The number of halogens is 1. The molecule has 0 saturated heterocycles. The lowest BCUT2D eigenvalue weighted by Gasteiger charge is -2.58. The van der Waals surface area contributed by atoms with Gasteiger partial charge < -0.3 is 0 Å². The molecule has 0 radical (unpaired) electrons. The molecule has 0 heterocycles. The second kappa shape index (κ2) is 5.23. The molecular weight excluding hydrogens is 332 g/mol. The van der Waals surface area contributed by atoms with Crippen molar-refractivity contribution >= 4 is 15.9 Å². The lowest BCUT2D eigenvalue weighted by Crippen LogP contribution is -2.53. The summed E-state index contributed by atoms with van der Waals surface area (Å²) < 4.78 is 0. The zero-order valence-electron chi connectivity index (χ0n) is 14.4. The molecule has 0 aliphatic heterocycles. The van der Waals surface area contributed by atoms with Crippen LogP contribution >= 0.6 is 15.9 Å². The van der Waals surface area contributed by atoms with Crippen LogP contribution in [0.15, 0.2) is 23.8 Å². The fourth-order valence-corrected chi connectivity index (χ4v) is 8.13. The zero-order valence-corrected chi connectivity index (χ0v) is 16.0. The van der Waals surface area contributed by atoms with Crippen LogP contribution in [0.25, 0.3) is 0 Å². The average molecular weight is 363 g/mol. The standard InChI is InChI=1S/C21H31Br/c1-4-14-8-9-16-19-17(10-12-21(14,16)3)20(2)11-6-5-7-15(20)13-18(19)22/h6-7,11,14,16-19H,4-5,8-10,12-13H2,1-3H3/t14-,16-,17-,18+,19-,20-,21+/m0/s1. The molecule has 4 aliphatic rings. The first-order chi connectivity index (χ1) is 10.5. The molecular formula is C21H31Br. The van der Waals surface area contributed by atoms with Crippen molar-refractivity contribution in [2.45, 2.75) is 70.5 Å². The van der Waals surface area contributed by atoms with Crippen LogP contribution in [0.1, 0.15) is 65.7 Å². The lowest BCUT2D eigenvalue weighted by molar-refractivity contribution is -0.0298. The fourth-order valence-electron chi connectivity index (χ4n) is 7.04. The molecule has 3 fully saturated rings. The van der Waals surface area contributed by atoms with Crippen molar-refractivity contribution in [2.75, 3.05) is 0 Å². The molecule has 0 amide bonds. The molecule has 0 N–H and O–H groups in total. The minimum absolute atomic E-state index is 0.360. The van der Waals surface area contributed by atoms with Crippen LogP contribution in [0.3, 0.4) is 0 Å². The monoisotopic (exact) mass is 362 g/mol. The second-order valence-corrected chi connectivity index (χ2v) is 10.1. The summed E-state index contributed by atoms with van der Waals surface area (Å²) in [7, 11) is 0. The molecule has 0 nitrogen and oxygen atoms in total. The van der Waals surface area contributed by atoms with E-state index in [1.165, 1.54) is 38.5 Å². The Morgan fingerprint density at radius 3 is 2.77 bits per heavy atom. The quantitative estimate of drug-likeness (QED) is 0.368. The molecule has 0 spiro atoms. The Hall–Kier alpha value is -0.0400. The van der Waals surface area contributed by atoms with Gasteiger partial charge in [-0.3, -0.25) is 0 Å². The first-order valence-corrected chi connectivity index (χ1v) is 10.4. The van der Waals surface area contributed by atoms with E-state index in [9.17, 15) is 0 Å². The number of fused-ring (bicyclic) bond motifs is 5. The van der Waals surface area contributed by atoms with Crippen molar-refractivity contribution in [3.63, 3.8) is 0 Å². The molecule has 0 unspecified atom stereocenters. The molecule has 1 heteroatoms. The van der Waals surface area contributed by atoms with Crippen LogP contribution in [0.5, 0.6) is 0 Å². The molecule has 0 aromatic rings. The van der Waals surface area contributed by atoms with Crippen molar-refractivity contribution in [3.8, 4) is 0 Å². The summed E-state index contributed by atoms with van der Waals surface area (Å²) in [5.74, 6) is 3.68. The highest BCUT2D eigenvalue weighted by molar-refractivity contribution is 9.09. The van der Waals surface area contributed by atoms with E-state index in [0.29, 0.717) is 15.7 Å². The minimum Gasteiger partial charge on any atom is -0.0884 e. The molecule has 122 valence electrons. The van der Waals surface area contributed by atoms with Crippen LogP contribution < -0.4 is 0 Å². The highest BCUT2D eigenvalue weighted by atomic mass is 79.9. The number of hydrogen-bond acceptors (Lipinski definition) is 0. The largest absolute Gasteiger partial charge is 0.0884 e. The van der Waals surface area contributed by atoms with Crippen LogP contribution in [0, 0.1) is 34.5 Å². The molecule has 0 bridgehead atoms. The van der Waals surface area contributed by atoms with Crippen LogP contribution in [0.4, 0.5) is 0 Å². The SMILES string of the molecule is CC[C@H]1CC[C@H]2[C@@H]3[C@H](Br)CC4=CCC=C[C@]4(C)[C@H]3CC[C@]12C. The Balaban J connectivity index is 1.72. The average Bonchev–Trinajstić information content (AvgIpc) is 2.84. The highest BCUT2D eigenvalue weighted by Gasteiger charge is 2.59. The Labute approximate surface area is 145 Å². The number of hydrogen-bond donors (Lipinski definition) is 0. The van der Waals surface area contributed by atoms with Crippen molar-refractivity contribution in [1.29, 1.82) is 0 Å². The summed E-state index contributed by atoms with van der Waals surface area (Å²) in [4.78, 5) is 0.712. The van der Waals surface area contributed by atoms with Gasteiger partial charge in [0.05, 0.1) is 0 Å². The number of rotatable bonds is 1. The summed E-state index contributed by atoms with van der Waals surface area (Å²) in [5.41, 5.74) is 2.71. The summed E-state index contributed by atoms with van der Waals surface area (Å²) in [6, 6.07) is 0. The van der Waals surface area contributed by atoms with Gasteiger partial charge in [0.15, 0.2) is 0 Å². The zero-order chi connectivity index (χ0) is 15.5. The first kappa shape index (κ1) is 15.5. The molecule has 7 atom stereocenters. The Morgan fingerprint density at radius 1 is 1.18 bits per heavy atom. The minimum atomic E-state index is 0.360. The van der Waals surface area contributed by atoms with E-state index in [4.69, 9.17) is 0 Å². The van der Waals surface area contributed by atoms with Gasteiger partial charge in [-0.2, -0.15) is 0 Å². The van der Waals surface area contributed by atoms with Crippen molar-refractivity contribution in [1.82, 2.24) is 0 Å². The second-order valence-electron chi connectivity index (χ2n) is 8.89. The molecule has 0 aromatic carbocycles. The van der Waals surface area contributed by atoms with Gasteiger partial charge in [-0.15, -0.1) is 0 Å². The molecule has 22 heavy (non-hydrogen) atoms. The van der Waals surface area contributed by atoms with E-state index < -0.39 is 0 Å². The Bertz CT molecular complexity index is 518. The van der Waals surface area contributed by atoms with E-state index in [2.05, 4.69) is 54.9 Å². The Morgan fingerprint density at radius 2 is 2.00 bits per heavy atom. The van der Waals surface area contributed by atoms with Crippen molar-refractivity contribution in [3.05, 3.63) is 23.8 Å². The molecule has 3 saturated carbocycles. The van der Waals surface area contributed by atoms with E-state index >= 15 is 0 Å². The van der Waals surface area contributed by atoms with Crippen LogP contribution in [0.2, 0.25) is 0 Å². The van der Waals surface area contributed by atoms with Gasteiger partial charge in [0.25, 0.3) is 0 Å². The summed E-state index contributed by atoms with van der Waals surface area (Å²) >= 11 is 4.15. The van der Waals surface area contributed by atoms with Gasteiger partial charge in [-0.05, 0) is 67.6 Å². The lowest BCUT2D eigenvalue weighted by atomic mass is 9.47. The number of allylic oxidation sites excluding steroid dienone is 4. The van der Waals surface area contributed by atoms with Gasteiger partial charge in [0.1, 0.15) is 0 Å². The van der Waals surface area contributed by atoms with Crippen LogP contribution in [-0.2, 0) is 0 Å². The molecule has 4 aliphatic carbocycles. The maximum atomic E-state index is 4.15. The maximum absolute atomic E-state index is 4.15. The third-order valence-corrected chi connectivity index (χ3v) is 9.22. The molecule has 0 aromatic heterocycles. The van der Waals surface area contributed by atoms with Crippen LogP contribution in [-0.4, -0.2) is 4.83 Å². The number of alkyl halides is 1. The topological polar surface area (TPSA) is 0 Å². The Kier molecular flexibility index (Phi) is 3.68. The van der Waals surface area contributed by atoms with Gasteiger partial charge in [0.2, 0.25) is 0 Å². The normalized spacial score (nSPS) is 53.5. The third-order valence-electron chi connectivity index (χ3n) is 8.28. The predicted octanol–water partition coefficient (Wildman–Crippen LogP) is 6.51. The van der Waals surface area contributed by atoms with Gasteiger partial charge >= 0.3 is 0 Å². The van der Waals surface area contributed by atoms with E-state index in [1.807, 2.05) is 0 Å². The van der Waals surface area contributed by atoms with E-state index in [1.54, 1.807) is 5.57 Å².